The summed E-state index contributed by atoms with van der Waals surface area (Å²) in [4.78, 5) is 0. The van der Waals surface area contributed by atoms with Crippen LogP contribution in [0.5, 0.6) is 0 Å². The molecule has 0 aliphatic carbocycles. The second-order valence-corrected chi connectivity index (χ2v) is 9.24. The Morgan fingerprint density at radius 3 is 1.40 bits per heavy atom. The number of anilines is 2. The second kappa shape index (κ2) is 9.15. The van der Waals surface area contributed by atoms with Gasteiger partial charge in [-0.25, -0.2) is 0 Å². The lowest BCUT2D eigenvalue weighted by Crippen LogP contribution is -2.33. The minimum atomic E-state index is -0.678. The number of hydrogen-bond donors (Lipinski definition) is 2. The Balaban J connectivity index is 1.88. The summed E-state index contributed by atoms with van der Waals surface area (Å²) in [5.41, 5.74) is 23.3. The molecule has 0 saturated carbocycles. The fourth-order valence-corrected chi connectivity index (χ4v) is 5.15. The number of rotatable bonds is 5. The number of aryl methyl sites for hydroxylation is 2. The molecule has 5 aromatic carbocycles. The molecule has 0 atom stereocenters. The highest BCUT2D eigenvalue weighted by atomic mass is 14.6. The Kier molecular flexibility index (Phi) is 5.88. The summed E-state index contributed by atoms with van der Waals surface area (Å²) in [5, 5.41) is 0. The lowest BCUT2D eigenvalue weighted by atomic mass is 9.63. The second-order valence-electron chi connectivity index (χ2n) is 9.24. The van der Waals surface area contributed by atoms with Crippen molar-refractivity contribution in [2.45, 2.75) is 19.3 Å². The molecule has 0 heterocycles. The van der Waals surface area contributed by atoms with Crippen molar-refractivity contribution in [3.8, 4) is 11.1 Å². The summed E-state index contributed by atoms with van der Waals surface area (Å²) in [6, 6.07) is 42.4. The topological polar surface area (TPSA) is 52.0 Å². The molecule has 0 aromatic heterocycles. The van der Waals surface area contributed by atoms with Crippen molar-refractivity contribution in [2.75, 3.05) is 11.5 Å². The van der Waals surface area contributed by atoms with Crippen LogP contribution in [0.2, 0.25) is 0 Å². The van der Waals surface area contributed by atoms with Gasteiger partial charge in [-0.05, 0) is 59.4 Å². The molecule has 0 radical (unpaired) electrons. The largest absolute Gasteiger partial charge is 0.398 e. The van der Waals surface area contributed by atoms with E-state index in [1.807, 2.05) is 24.3 Å². The normalized spacial score (nSPS) is 11.4. The predicted octanol–water partition coefficient (Wildman–Crippen LogP) is 7.52. The van der Waals surface area contributed by atoms with Crippen molar-refractivity contribution < 1.29 is 0 Å². The van der Waals surface area contributed by atoms with Crippen LogP contribution < -0.4 is 11.5 Å². The number of hydrogen-bond acceptors (Lipinski definition) is 2. The average Bonchev–Trinajstić information content (AvgIpc) is 2.90. The van der Waals surface area contributed by atoms with Crippen LogP contribution in [0.25, 0.3) is 11.1 Å². The molecule has 35 heavy (non-hydrogen) atoms. The summed E-state index contributed by atoms with van der Waals surface area (Å²) in [6.07, 6.45) is 0. The fourth-order valence-electron chi connectivity index (χ4n) is 5.15. The summed E-state index contributed by atoms with van der Waals surface area (Å²) >= 11 is 0. The van der Waals surface area contributed by atoms with E-state index in [2.05, 4.69) is 111 Å². The highest BCUT2D eigenvalue weighted by Gasteiger charge is 2.41. The number of benzene rings is 5. The molecule has 4 N–H and O–H groups in total. The van der Waals surface area contributed by atoms with Gasteiger partial charge in [-0.3, -0.25) is 0 Å². The van der Waals surface area contributed by atoms with Crippen LogP contribution in [0, 0.1) is 13.8 Å². The molecule has 5 rings (SSSR count). The smallest absolute Gasteiger partial charge is 0.0741 e. The van der Waals surface area contributed by atoms with Crippen molar-refractivity contribution >= 4 is 11.4 Å². The number of nitrogen functional groups attached to an aromatic ring is 2. The van der Waals surface area contributed by atoms with E-state index in [0.717, 1.165) is 44.8 Å². The maximum Gasteiger partial charge on any atom is 0.0741 e. The summed E-state index contributed by atoms with van der Waals surface area (Å²) in [7, 11) is 0. The third-order valence-corrected chi connectivity index (χ3v) is 6.86. The first-order chi connectivity index (χ1) is 17.0. The molecule has 0 amide bonds. The van der Waals surface area contributed by atoms with Gasteiger partial charge in [0, 0.05) is 11.4 Å². The van der Waals surface area contributed by atoms with Crippen LogP contribution in [0.15, 0.2) is 121 Å². The van der Waals surface area contributed by atoms with Crippen LogP contribution >= 0.6 is 0 Å². The van der Waals surface area contributed by atoms with E-state index >= 15 is 0 Å². The zero-order valence-electron chi connectivity index (χ0n) is 20.2. The maximum atomic E-state index is 6.76. The van der Waals surface area contributed by atoms with Crippen LogP contribution in [-0.2, 0) is 5.41 Å². The standard InChI is InChI=1S/C33H30N2/c1-23-13-19-31(34)29(21-23)33(27-11-7-4-8-12-27,30-22-24(2)14-20-32(30)35)28-17-15-26(16-18-28)25-9-5-3-6-10-25/h3-22H,34-35H2,1-2H3. The predicted molar refractivity (Wildman–Crippen MR) is 148 cm³/mol. The van der Waals surface area contributed by atoms with Gasteiger partial charge in [0.1, 0.15) is 0 Å². The molecule has 0 aliphatic rings. The Bertz CT molecular complexity index is 1400. The molecule has 0 bridgehead atoms. The van der Waals surface area contributed by atoms with Crippen molar-refractivity contribution in [3.63, 3.8) is 0 Å². The Labute approximate surface area is 207 Å². The van der Waals surface area contributed by atoms with Crippen molar-refractivity contribution in [1.82, 2.24) is 0 Å². The van der Waals surface area contributed by atoms with Crippen LogP contribution in [0.1, 0.15) is 33.4 Å². The van der Waals surface area contributed by atoms with Gasteiger partial charge in [0.25, 0.3) is 0 Å². The van der Waals surface area contributed by atoms with E-state index < -0.39 is 5.41 Å². The van der Waals surface area contributed by atoms with Gasteiger partial charge in [-0.2, -0.15) is 0 Å². The van der Waals surface area contributed by atoms with Gasteiger partial charge in [0.05, 0.1) is 5.41 Å². The maximum absolute atomic E-state index is 6.76. The molecule has 5 aromatic rings. The summed E-state index contributed by atoms with van der Waals surface area (Å²) in [6.45, 7) is 4.22. The first-order valence-electron chi connectivity index (χ1n) is 11.9. The fraction of sp³-hybridized carbons (Fsp3) is 0.0909. The summed E-state index contributed by atoms with van der Waals surface area (Å²) in [5.74, 6) is 0. The van der Waals surface area contributed by atoms with E-state index in [1.54, 1.807) is 0 Å². The molecule has 0 spiro atoms. The minimum Gasteiger partial charge on any atom is -0.398 e. The highest BCUT2D eigenvalue weighted by molar-refractivity contribution is 5.73. The van der Waals surface area contributed by atoms with Crippen LogP contribution in [-0.4, -0.2) is 0 Å². The molecule has 2 heteroatoms. The van der Waals surface area contributed by atoms with Gasteiger partial charge >= 0.3 is 0 Å². The number of nitrogens with two attached hydrogens (primary N) is 2. The van der Waals surface area contributed by atoms with E-state index in [0.29, 0.717) is 0 Å². The van der Waals surface area contributed by atoms with E-state index in [9.17, 15) is 0 Å². The third-order valence-electron chi connectivity index (χ3n) is 6.86. The van der Waals surface area contributed by atoms with E-state index in [1.165, 1.54) is 11.1 Å². The quantitative estimate of drug-likeness (QED) is 0.213. The zero-order chi connectivity index (χ0) is 24.4. The molecule has 2 nitrogen and oxygen atoms in total. The first kappa shape index (κ1) is 22.5. The summed E-state index contributed by atoms with van der Waals surface area (Å²) < 4.78 is 0. The molecule has 0 fully saturated rings. The lowest BCUT2D eigenvalue weighted by molar-refractivity contribution is 0.748. The van der Waals surface area contributed by atoms with Gasteiger partial charge in [0.2, 0.25) is 0 Å². The van der Waals surface area contributed by atoms with Crippen molar-refractivity contribution in [2.24, 2.45) is 0 Å². The lowest BCUT2D eigenvalue weighted by Gasteiger charge is -2.38. The van der Waals surface area contributed by atoms with Crippen molar-refractivity contribution in [1.29, 1.82) is 0 Å². The molecular weight excluding hydrogens is 424 g/mol. The molecule has 0 aliphatic heterocycles. The first-order valence-corrected chi connectivity index (χ1v) is 11.9. The third kappa shape index (κ3) is 3.98. The van der Waals surface area contributed by atoms with Gasteiger partial charge in [-0.15, -0.1) is 0 Å². The SMILES string of the molecule is Cc1ccc(N)c(C(c2ccccc2)(c2ccc(-c3ccccc3)cc2)c2cc(C)ccc2N)c1. The van der Waals surface area contributed by atoms with Crippen molar-refractivity contribution in [3.05, 3.63) is 155 Å². The van der Waals surface area contributed by atoms with Gasteiger partial charge < -0.3 is 11.5 Å². The molecular formula is C33H30N2. The molecule has 172 valence electrons. The average molecular weight is 455 g/mol. The van der Waals surface area contributed by atoms with E-state index in [4.69, 9.17) is 11.5 Å². The van der Waals surface area contributed by atoms with Crippen LogP contribution in [0.3, 0.4) is 0 Å². The van der Waals surface area contributed by atoms with Crippen LogP contribution in [0.4, 0.5) is 11.4 Å². The highest BCUT2D eigenvalue weighted by Crippen LogP contribution is 2.49. The minimum absolute atomic E-state index is 0.678. The molecule has 0 saturated heterocycles. The van der Waals surface area contributed by atoms with E-state index in [-0.39, 0.29) is 0 Å². The monoisotopic (exact) mass is 454 g/mol. The molecule has 0 unspecified atom stereocenters. The Hall–Kier alpha value is -4.30. The van der Waals surface area contributed by atoms with Gasteiger partial charge in [0.15, 0.2) is 0 Å². The van der Waals surface area contributed by atoms with Gasteiger partial charge in [-0.1, -0.05) is 120 Å². The zero-order valence-corrected chi connectivity index (χ0v) is 20.2. The Morgan fingerprint density at radius 1 is 0.457 bits per heavy atom. The Morgan fingerprint density at radius 2 is 0.886 bits per heavy atom.